The number of rotatable bonds is 3. The summed E-state index contributed by atoms with van der Waals surface area (Å²) in [4.78, 5) is 5.37. The van der Waals surface area contributed by atoms with E-state index in [0.717, 1.165) is 22.7 Å². The minimum Gasteiger partial charge on any atom is -0.315 e. The van der Waals surface area contributed by atoms with Gasteiger partial charge in [-0.3, -0.25) is 0 Å². The summed E-state index contributed by atoms with van der Waals surface area (Å²) in [6, 6.07) is 5.27. The molecule has 102 valence electrons. The van der Waals surface area contributed by atoms with Gasteiger partial charge in [-0.05, 0) is 26.1 Å². The Morgan fingerprint density at radius 3 is 2.68 bits per heavy atom. The van der Waals surface area contributed by atoms with Gasteiger partial charge in [-0.2, -0.15) is 13.2 Å². The Kier molecular flexibility index (Phi) is 3.91. The van der Waals surface area contributed by atoms with Gasteiger partial charge in [0.25, 0.3) is 0 Å². The first-order valence-electron chi connectivity index (χ1n) is 5.70. The summed E-state index contributed by atoms with van der Waals surface area (Å²) in [6.45, 7) is 2.53. The van der Waals surface area contributed by atoms with Gasteiger partial charge in [-0.15, -0.1) is 11.3 Å². The van der Waals surface area contributed by atoms with E-state index in [0.29, 0.717) is 17.1 Å². The first-order chi connectivity index (χ1) is 8.91. The van der Waals surface area contributed by atoms with Crippen LogP contribution in [0.25, 0.3) is 10.6 Å². The van der Waals surface area contributed by atoms with Gasteiger partial charge in [-0.1, -0.05) is 12.1 Å². The lowest BCUT2D eigenvalue weighted by Gasteiger charge is -2.07. The Morgan fingerprint density at radius 1 is 1.32 bits per heavy atom. The van der Waals surface area contributed by atoms with Gasteiger partial charge in [-0.25, -0.2) is 4.98 Å². The Bertz CT molecular complexity index is 576. The Hall–Kier alpha value is -1.40. The largest absolute Gasteiger partial charge is 0.416 e. The van der Waals surface area contributed by atoms with Crippen LogP contribution in [0.15, 0.2) is 24.3 Å². The van der Waals surface area contributed by atoms with Crippen LogP contribution in [-0.4, -0.2) is 12.0 Å². The molecule has 1 aromatic carbocycles. The second-order valence-electron chi connectivity index (χ2n) is 4.14. The van der Waals surface area contributed by atoms with Gasteiger partial charge in [0.1, 0.15) is 5.01 Å². The van der Waals surface area contributed by atoms with Crippen molar-refractivity contribution in [2.75, 3.05) is 7.05 Å². The molecule has 2 rings (SSSR count). The second-order valence-corrected chi connectivity index (χ2v) is 5.22. The maximum atomic E-state index is 12.7. The monoisotopic (exact) mass is 286 g/mol. The van der Waals surface area contributed by atoms with Crippen molar-refractivity contribution in [1.29, 1.82) is 0 Å². The Labute approximate surface area is 113 Å². The average Bonchev–Trinajstić information content (AvgIpc) is 2.71. The maximum absolute atomic E-state index is 12.7. The topological polar surface area (TPSA) is 24.9 Å². The molecule has 1 N–H and O–H groups in total. The number of thiazole rings is 1. The molecule has 0 aliphatic heterocycles. The van der Waals surface area contributed by atoms with Crippen molar-refractivity contribution in [2.24, 2.45) is 0 Å². The van der Waals surface area contributed by atoms with Crippen LogP contribution in [-0.2, 0) is 12.7 Å². The molecule has 6 heteroatoms. The molecule has 0 saturated heterocycles. The van der Waals surface area contributed by atoms with Crippen LogP contribution < -0.4 is 5.32 Å². The van der Waals surface area contributed by atoms with Crippen LogP contribution in [0.2, 0.25) is 0 Å². The van der Waals surface area contributed by atoms with Crippen LogP contribution >= 0.6 is 11.3 Å². The van der Waals surface area contributed by atoms with Gasteiger partial charge in [0, 0.05) is 17.0 Å². The minimum atomic E-state index is -4.32. The number of benzene rings is 1. The summed E-state index contributed by atoms with van der Waals surface area (Å²) < 4.78 is 38.0. The van der Waals surface area contributed by atoms with Crippen molar-refractivity contribution in [2.45, 2.75) is 19.6 Å². The standard InChI is InChI=1S/C13H13F3N2S/c1-8-11(7-17-2)19-12(18-8)9-4-3-5-10(6-9)13(14,15)16/h3-6,17H,7H2,1-2H3. The van der Waals surface area contributed by atoms with Crippen LogP contribution in [0.3, 0.4) is 0 Å². The van der Waals surface area contributed by atoms with Crippen molar-refractivity contribution in [3.05, 3.63) is 40.4 Å². The van der Waals surface area contributed by atoms with E-state index in [4.69, 9.17) is 0 Å². The predicted octanol–water partition coefficient (Wildman–Crippen LogP) is 3.86. The van der Waals surface area contributed by atoms with Crippen molar-refractivity contribution in [1.82, 2.24) is 10.3 Å². The molecule has 0 fully saturated rings. The quantitative estimate of drug-likeness (QED) is 0.927. The summed E-state index contributed by atoms with van der Waals surface area (Å²) in [6.07, 6.45) is -4.32. The van der Waals surface area contributed by atoms with E-state index in [1.54, 1.807) is 6.07 Å². The van der Waals surface area contributed by atoms with Crippen molar-refractivity contribution < 1.29 is 13.2 Å². The first-order valence-corrected chi connectivity index (χ1v) is 6.52. The summed E-state index contributed by atoms with van der Waals surface area (Å²) in [5.74, 6) is 0. The lowest BCUT2D eigenvalue weighted by atomic mass is 10.1. The van der Waals surface area contributed by atoms with Crippen LogP contribution in [0.5, 0.6) is 0 Å². The van der Waals surface area contributed by atoms with Gasteiger partial charge < -0.3 is 5.32 Å². The highest BCUT2D eigenvalue weighted by molar-refractivity contribution is 7.15. The molecular weight excluding hydrogens is 273 g/mol. The van der Waals surface area contributed by atoms with E-state index >= 15 is 0 Å². The summed E-state index contributed by atoms with van der Waals surface area (Å²) in [7, 11) is 1.82. The van der Waals surface area contributed by atoms with Gasteiger partial charge in [0.15, 0.2) is 0 Å². The van der Waals surface area contributed by atoms with E-state index in [-0.39, 0.29) is 0 Å². The molecule has 0 unspecified atom stereocenters. The number of nitrogens with one attached hydrogen (secondary N) is 1. The van der Waals surface area contributed by atoms with E-state index in [1.807, 2.05) is 14.0 Å². The molecule has 2 nitrogen and oxygen atoms in total. The van der Waals surface area contributed by atoms with Gasteiger partial charge >= 0.3 is 6.18 Å². The third kappa shape index (κ3) is 3.13. The number of aromatic nitrogens is 1. The maximum Gasteiger partial charge on any atom is 0.416 e. The average molecular weight is 286 g/mol. The minimum absolute atomic E-state index is 0.505. The SMILES string of the molecule is CNCc1sc(-c2cccc(C(F)(F)F)c2)nc1C. The summed E-state index contributed by atoms with van der Waals surface area (Å²) >= 11 is 1.42. The molecule has 0 saturated carbocycles. The highest BCUT2D eigenvalue weighted by Crippen LogP contribution is 2.34. The molecule has 0 atom stereocenters. The Balaban J connectivity index is 2.39. The number of hydrogen-bond donors (Lipinski definition) is 1. The lowest BCUT2D eigenvalue weighted by Crippen LogP contribution is -2.04. The molecule has 0 aliphatic carbocycles. The highest BCUT2D eigenvalue weighted by atomic mass is 32.1. The first kappa shape index (κ1) is 14.0. The highest BCUT2D eigenvalue weighted by Gasteiger charge is 2.30. The molecule has 2 aromatic rings. The zero-order valence-corrected chi connectivity index (χ0v) is 11.3. The fourth-order valence-corrected chi connectivity index (χ4v) is 2.78. The molecule has 1 aromatic heterocycles. The van der Waals surface area contributed by atoms with Crippen molar-refractivity contribution >= 4 is 11.3 Å². The van der Waals surface area contributed by atoms with Crippen LogP contribution in [0.4, 0.5) is 13.2 Å². The Morgan fingerprint density at radius 2 is 2.05 bits per heavy atom. The van der Waals surface area contributed by atoms with Crippen LogP contribution in [0, 0.1) is 6.92 Å². The number of alkyl halides is 3. The molecule has 0 aliphatic rings. The second kappa shape index (κ2) is 5.30. The summed E-state index contributed by atoms with van der Waals surface area (Å²) in [5, 5.41) is 3.63. The van der Waals surface area contributed by atoms with E-state index in [1.165, 1.54) is 17.4 Å². The third-order valence-electron chi connectivity index (χ3n) is 2.67. The normalized spacial score (nSPS) is 11.8. The van der Waals surface area contributed by atoms with Gasteiger partial charge in [0.2, 0.25) is 0 Å². The fraction of sp³-hybridized carbons (Fsp3) is 0.308. The number of aryl methyl sites for hydroxylation is 1. The van der Waals surface area contributed by atoms with E-state index in [9.17, 15) is 13.2 Å². The number of nitrogens with zero attached hydrogens (tertiary/aromatic N) is 1. The molecular formula is C13H13F3N2S. The molecule has 19 heavy (non-hydrogen) atoms. The number of halogens is 3. The molecule has 0 bridgehead atoms. The van der Waals surface area contributed by atoms with Crippen LogP contribution in [0.1, 0.15) is 16.1 Å². The van der Waals surface area contributed by atoms with Gasteiger partial charge in [0.05, 0.1) is 11.3 Å². The smallest absolute Gasteiger partial charge is 0.315 e. The van der Waals surface area contributed by atoms with Crippen molar-refractivity contribution in [3.8, 4) is 10.6 Å². The zero-order chi connectivity index (χ0) is 14.0. The molecule has 0 radical (unpaired) electrons. The van der Waals surface area contributed by atoms with E-state index < -0.39 is 11.7 Å². The molecule has 0 spiro atoms. The lowest BCUT2D eigenvalue weighted by molar-refractivity contribution is -0.137. The fourth-order valence-electron chi connectivity index (χ4n) is 1.70. The van der Waals surface area contributed by atoms with Crippen molar-refractivity contribution in [3.63, 3.8) is 0 Å². The third-order valence-corrected chi connectivity index (χ3v) is 3.87. The molecule has 0 amide bonds. The summed E-state index contributed by atoms with van der Waals surface area (Å²) in [5.41, 5.74) is 0.713. The molecule has 1 heterocycles. The predicted molar refractivity (Wildman–Crippen MR) is 70.1 cm³/mol. The van der Waals surface area contributed by atoms with E-state index in [2.05, 4.69) is 10.3 Å². The zero-order valence-electron chi connectivity index (χ0n) is 10.5. The number of hydrogen-bond acceptors (Lipinski definition) is 3.